The molecule has 0 aromatic carbocycles. The molecule has 0 fully saturated rings. The average molecular weight is 193 g/mol. The SMILES string of the molecule is CCCN(C)c1ccc(C(N)=O)cn1. The number of primary amides is 1. The Morgan fingerprint density at radius 3 is 2.71 bits per heavy atom. The lowest BCUT2D eigenvalue weighted by Crippen LogP contribution is -2.19. The lowest BCUT2D eigenvalue weighted by molar-refractivity contribution is 0.1000. The van der Waals surface area contributed by atoms with Crippen molar-refractivity contribution in [1.29, 1.82) is 0 Å². The molecule has 1 heterocycles. The molecule has 0 aliphatic rings. The van der Waals surface area contributed by atoms with E-state index in [2.05, 4.69) is 11.9 Å². The Hall–Kier alpha value is -1.58. The molecule has 1 aromatic rings. The first-order chi connectivity index (χ1) is 6.65. The highest BCUT2D eigenvalue weighted by Crippen LogP contribution is 2.09. The summed E-state index contributed by atoms with van der Waals surface area (Å²) in [4.78, 5) is 17.0. The number of pyridine rings is 1. The molecule has 0 unspecified atom stereocenters. The van der Waals surface area contributed by atoms with Gasteiger partial charge in [0.2, 0.25) is 5.91 Å². The zero-order valence-electron chi connectivity index (χ0n) is 8.53. The Labute approximate surface area is 83.7 Å². The molecular weight excluding hydrogens is 178 g/mol. The van der Waals surface area contributed by atoms with Crippen molar-refractivity contribution in [1.82, 2.24) is 4.98 Å². The molecule has 0 saturated carbocycles. The molecule has 14 heavy (non-hydrogen) atoms. The van der Waals surface area contributed by atoms with Crippen molar-refractivity contribution in [3.63, 3.8) is 0 Å². The predicted octanol–water partition coefficient (Wildman–Crippen LogP) is 1.03. The molecule has 2 N–H and O–H groups in total. The predicted molar refractivity (Wildman–Crippen MR) is 56.3 cm³/mol. The van der Waals surface area contributed by atoms with Crippen LogP contribution in [0.3, 0.4) is 0 Å². The van der Waals surface area contributed by atoms with Crippen molar-refractivity contribution < 1.29 is 4.79 Å². The van der Waals surface area contributed by atoms with Crippen molar-refractivity contribution in [3.05, 3.63) is 23.9 Å². The number of hydrogen-bond acceptors (Lipinski definition) is 3. The first-order valence-electron chi connectivity index (χ1n) is 4.62. The van der Waals surface area contributed by atoms with Gasteiger partial charge in [-0.25, -0.2) is 4.98 Å². The topological polar surface area (TPSA) is 59.2 Å². The third-order valence-electron chi connectivity index (χ3n) is 1.98. The molecule has 4 nitrogen and oxygen atoms in total. The van der Waals surface area contributed by atoms with E-state index in [1.807, 2.05) is 11.9 Å². The lowest BCUT2D eigenvalue weighted by atomic mass is 10.2. The summed E-state index contributed by atoms with van der Waals surface area (Å²) in [6.45, 7) is 3.05. The van der Waals surface area contributed by atoms with E-state index >= 15 is 0 Å². The van der Waals surface area contributed by atoms with Crippen LogP contribution in [0, 0.1) is 0 Å². The van der Waals surface area contributed by atoms with E-state index in [9.17, 15) is 4.79 Å². The van der Waals surface area contributed by atoms with E-state index in [0.717, 1.165) is 18.8 Å². The molecule has 0 aliphatic carbocycles. The highest BCUT2D eigenvalue weighted by atomic mass is 16.1. The smallest absolute Gasteiger partial charge is 0.250 e. The number of amides is 1. The minimum Gasteiger partial charge on any atom is -0.366 e. The second-order valence-corrected chi connectivity index (χ2v) is 3.19. The minimum absolute atomic E-state index is 0.442. The second-order valence-electron chi connectivity index (χ2n) is 3.19. The second kappa shape index (κ2) is 4.60. The Morgan fingerprint density at radius 2 is 2.29 bits per heavy atom. The van der Waals surface area contributed by atoms with Crippen molar-refractivity contribution >= 4 is 11.7 Å². The maximum Gasteiger partial charge on any atom is 0.250 e. The first-order valence-corrected chi connectivity index (χ1v) is 4.62. The van der Waals surface area contributed by atoms with E-state index < -0.39 is 5.91 Å². The van der Waals surface area contributed by atoms with Gasteiger partial charge in [-0.2, -0.15) is 0 Å². The van der Waals surface area contributed by atoms with Crippen LogP contribution in [0.2, 0.25) is 0 Å². The molecule has 76 valence electrons. The van der Waals surface area contributed by atoms with Gasteiger partial charge in [0.25, 0.3) is 0 Å². The number of rotatable bonds is 4. The number of carbonyl (C=O) groups is 1. The van der Waals surface area contributed by atoms with Crippen LogP contribution >= 0.6 is 0 Å². The molecule has 0 saturated heterocycles. The molecule has 4 heteroatoms. The summed E-state index contributed by atoms with van der Waals surface area (Å²) in [5.41, 5.74) is 5.55. The minimum atomic E-state index is -0.442. The Bertz CT molecular complexity index is 308. The highest BCUT2D eigenvalue weighted by Gasteiger charge is 2.03. The summed E-state index contributed by atoms with van der Waals surface area (Å²) >= 11 is 0. The summed E-state index contributed by atoms with van der Waals surface area (Å²) in [6, 6.07) is 3.49. The monoisotopic (exact) mass is 193 g/mol. The largest absolute Gasteiger partial charge is 0.366 e. The van der Waals surface area contributed by atoms with Crippen LogP contribution in [-0.2, 0) is 0 Å². The van der Waals surface area contributed by atoms with Gasteiger partial charge >= 0.3 is 0 Å². The number of nitrogens with two attached hydrogens (primary N) is 1. The van der Waals surface area contributed by atoms with Crippen molar-refractivity contribution in [2.75, 3.05) is 18.5 Å². The van der Waals surface area contributed by atoms with Crippen LogP contribution in [0.1, 0.15) is 23.7 Å². The Balaban J connectivity index is 2.77. The van der Waals surface area contributed by atoms with Crippen LogP contribution in [-0.4, -0.2) is 24.5 Å². The maximum atomic E-state index is 10.8. The van der Waals surface area contributed by atoms with Gasteiger partial charge in [-0.1, -0.05) is 6.92 Å². The average Bonchev–Trinajstić information content (AvgIpc) is 2.18. The van der Waals surface area contributed by atoms with Gasteiger partial charge in [-0.15, -0.1) is 0 Å². The zero-order valence-corrected chi connectivity index (χ0v) is 8.53. The molecule has 1 aromatic heterocycles. The summed E-state index contributed by atoms with van der Waals surface area (Å²) in [7, 11) is 1.97. The molecule has 0 aliphatic heterocycles. The van der Waals surface area contributed by atoms with E-state index in [1.165, 1.54) is 6.20 Å². The van der Waals surface area contributed by atoms with Gasteiger partial charge in [0.15, 0.2) is 0 Å². The van der Waals surface area contributed by atoms with Crippen LogP contribution in [0.15, 0.2) is 18.3 Å². The molecule has 0 radical (unpaired) electrons. The maximum absolute atomic E-state index is 10.8. The van der Waals surface area contributed by atoms with Crippen LogP contribution < -0.4 is 10.6 Å². The summed E-state index contributed by atoms with van der Waals surface area (Å²) in [5, 5.41) is 0. The van der Waals surface area contributed by atoms with Crippen molar-refractivity contribution in [2.45, 2.75) is 13.3 Å². The normalized spacial score (nSPS) is 9.86. The summed E-state index contributed by atoms with van der Waals surface area (Å²) < 4.78 is 0. The van der Waals surface area contributed by atoms with Gasteiger partial charge in [-0.3, -0.25) is 4.79 Å². The standard InChI is InChI=1S/C10H15N3O/c1-3-6-13(2)9-5-4-8(7-12-9)10(11)14/h4-5,7H,3,6H2,1-2H3,(H2,11,14). The van der Waals surface area contributed by atoms with Crippen LogP contribution in [0.5, 0.6) is 0 Å². The number of carbonyl (C=O) groups excluding carboxylic acids is 1. The molecule has 0 bridgehead atoms. The molecular formula is C10H15N3O. The quantitative estimate of drug-likeness (QED) is 0.776. The Kier molecular flexibility index (Phi) is 3.45. The fourth-order valence-corrected chi connectivity index (χ4v) is 1.21. The molecule has 0 spiro atoms. The molecule has 0 atom stereocenters. The van der Waals surface area contributed by atoms with Crippen molar-refractivity contribution in [3.8, 4) is 0 Å². The molecule has 1 amide bonds. The van der Waals surface area contributed by atoms with E-state index in [4.69, 9.17) is 5.73 Å². The molecule has 1 rings (SSSR count). The van der Waals surface area contributed by atoms with E-state index in [1.54, 1.807) is 12.1 Å². The third kappa shape index (κ3) is 2.45. The lowest BCUT2D eigenvalue weighted by Gasteiger charge is -2.16. The highest BCUT2D eigenvalue weighted by molar-refractivity contribution is 5.92. The zero-order chi connectivity index (χ0) is 10.6. The van der Waals surface area contributed by atoms with Gasteiger partial charge in [0.1, 0.15) is 5.82 Å². The summed E-state index contributed by atoms with van der Waals surface area (Å²) in [5.74, 6) is 0.416. The van der Waals surface area contributed by atoms with Gasteiger partial charge in [0.05, 0.1) is 5.56 Å². The fourth-order valence-electron chi connectivity index (χ4n) is 1.21. The van der Waals surface area contributed by atoms with Gasteiger partial charge in [0, 0.05) is 19.8 Å². The van der Waals surface area contributed by atoms with Gasteiger partial charge < -0.3 is 10.6 Å². The van der Waals surface area contributed by atoms with Crippen molar-refractivity contribution in [2.24, 2.45) is 5.73 Å². The summed E-state index contributed by atoms with van der Waals surface area (Å²) in [6.07, 6.45) is 2.57. The Morgan fingerprint density at radius 1 is 1.57 bits per heavy atom. The first kappa shape index (κ1) is 10.5. The van der Waals surface area contributed by atoms with Crippen LogP contribution in [0.25, 0.3) is 0 Å². The van der Waals surface area contributed by atoms with Gasteiger partial charge in [-0.05, 0) is 18.6 Å². The number of hydrogen-bond donors (Lipinski definition) is 1. The fraction of sp³-hybridized carbons (Fsp3) is 0.400. The van der Waals surface area contributed by atoms with E-state index in [-0.39, 0.29) is 0 Å². The number of nitrogens with zero attached hydrogens (tertiary/aromatic N) is 2. The number of aromatic nitrogens is 1. The third-order valence-corrected chi connectivity index (χ3v) is 1.98. The van der Waals surface area contributed by atoms with E-state index in [0.29, 0.717) is 5.56 Å². The van der Waals surface area contributed by atoms with Crippen LogP contribution in [0.4, 0.5) is 5.82 Å². The number of anilines is 1.